The molecule has 1 saturated heterocycles. The standard InChI is InChI=1S/C47H60ClN7O7/c1-45(2,3)39(42(60)55-27-34(56)22-37(55)41(59)52-26-30-12-10-29(24-49)11-13-30)53-38(57)28-61-21-9-8-20-51-33-17-14-31(15-18-33)40(58)54-43-46(4,5)44(47(43,6)7)62-35-19-16-32(25-50)36(48)23-35/h10-19,23,34,37,39-40,43-44,51,54,56,58H,8-9,20-22,26-28H2,1-7H3,(H,52,59)(H,53,57)/t34-,37+,39-,40?,43?,44?/m1/s1. The van der Waals surface area contributed by atoms with Gasteiger partial charge in [-0.2, -0.15) is 10.5 Å². The summed E-state index contributed by atoms with van der Waals surface area (Å²) in [5, 5.41) is 52.6. The van der Waals surface area contributed by atoms with Gasteiger partial charge in [-0.05, 0) is 65.8 Å². The first-order valence-electron chi connectivity index (χ1n) is 21.0. The number of carbonyl (C=O) groups excluding carboxylic acids is 3. The van der Waals surface area contributed by atoms with Gasteiger partial charge in [0.2, 0.25) is 17.7 Å². The lowest BCUT2D eigenvalue weighted by Gasteiger charge is -2.63. The van der Waals surface area contributed by atoms with E-state index in [-0.39, 0.29) is 49.1 Å². The number of nitrogens with zero attached hydrogens (tertiary/aromatic N) is 3. The quantitative estimate of drug-likeness (QED) is 0.0689. The number of hydrogen-bond donors (Lipinski definition) is 6. The number of aliphatic hydroxyl groups excluding tert-OH is 2. The molecule has 0 spiro atoms. The van der Waals surface area contributed by atoms with Gasteiger partial charge in [0, 0.05) is 61.3 Å². The van der Waals surface area contributed by atoms with E-state index >= 15 is 0 Å². The molecule has 332 valence electrons. The molecule has 62 heavy (non-hydrogen) atoms. The van der Waals surface area contributed by atoms with Crippen molar-refractivity contribution >= 4 is 35.0 Å². The van der Waals surface area contributed by atoms with Crippen LogP contribution in [0.1, 0.15) is 96.2 Å². The smallest absolute Gasteiger partial charge is 0.246 e. The van der Waals surface area contributed by atoms with Crippen molar-refractivity contribution in [2.45, 2.75) is 111 Å². The van der Waals surface area contributed by atoms with E-state index in [1.807, 2.05) is 45.0 Å². The predicted molar refractivity (Wildman–Crippen MR) is 236 cm³/mol. The van der Waals surface area contributed by atoms with Gasteiger partial charge in [0.25, 0.3) is 0 Å². The lowest BCUT2D eigenvalue weighted by molar-refractivity contribution is -0.179. The van der Waals surface area contributed by atoms with Crippen molar-refractivity contribution < 1.29 is 34.1 Å². The molecule has 3 aromatic carbocycles. The van der Waals surface area contributed by atoms with Crippen LogP contribution in [-0.4, -0.2) is 89.5 Å². The average Bonchev–Trinajstić information content (AvgIpc) is 3.63. The monoisotopic (exact) mass is 869 g/mol. The minimum absolute atomic E-state index is 0.0292. The highest BCUT2D eigenvalue weighted by Crippen LogP contribution is 2.56. The fraction of sp³-hybridized carbons (Fsp3) is 0.511. The normalized spacial score (nSPS) is 21.1. The largest absolute Gasteiger partial charge is 0.489 e. The Morgan fingerprint density at radius 1 is 0.968 bits per heavy atom. The third-order valence-corrected chi connectivity index (χ3v) is 12.1. The molecule has 15 heteroatoms. The molecule has 3 aromatic rings. The molecule has 5 rings (SSSR count). The molecule has 1 aliphatic carbocycles. The lowest BCUT2D eigenvalue weighted by atomic mass is 9.49. The average molecular weight is 870 g/mol. The highest BCUT2D eigenvalue weighted by Gasteiger charge is 2.63. The molecule has 14 nitrogen and oxygen atoms in total. The first kappa shape index (κ1) is 47.8. The minimum atomic E-state index is -0.962. The van der Waals surface area contributed by atoms with Crippen molar-refractivity contribution in [3.05, 3.63) is 94.0 Å². The molecule has 2 fully saturated rings. The Hall–Kier alpha value is -5.22. The second-order valence-corrected chi connectivity index (χ2v) is 18.9. The molecule has 1 aliphatic heterocycles. The highest BCUT2D eigenvalue weighted by molar-refractivity contribution is 6.31. The molecule has 2 aliphatic rings. The molecule has 0 aromatic heterocycles. The zero-order chi connectivity index (χ0) is 45.4. The number of amides is 3. The molecule has 1 unspecified atom stereocenters. The summed E-state index contributed by atoms with van der Waals surface area (Å²) in [6, 6.07) is 21.6. The van der Waals surface area contributed by atoms with Crippen molar-refractivity contribution in [1.82, 2.24) is 20.9 Å². The summed E-state index contributed by atoms with van der Waals surface area (Å²) in [6.45, 7) is 14.8. The van der Waals surface area contributed by atoms with Gasteiger partial charge in [0.1, 0.15) is 42.8 Å². The van der Waals surface area contributed by atoms with Gasteiger partial charge < -0.3 is 40.5 Å². The lowest BCUT2D eigenvalue weighted by Crippen LogP contribution is -2.74. The molecular weight excluding hydrogens is 810 g/mol. The summed E-state index contributed by atoms with van der Waals surface area (Å²) in [6.07, 6.45) is -0.416. The molecule has 6 N–H and O–H groups in total. The third kappa shape index (κ3) is 11.6. The van der Waals surface area contributed by atoms with Crippen molar-refractivity contribution in [3.63, 3.8) is 0 Å². The Labute approximate surface area is 369 Å². The van der Waals surface area contributed by atoms with Crippen molar-refractivity contribution in [2.75, 3.05) is 31.6 Å². The number of rotatable bonds is 18. The van der Waals surface area contributed by atoms with E-state index in [1.165, 1.54) is 4.90 Å². The maximum atomic E-state index is 13.9. The number of β-amino-alcohol motifs (C(OH)–C–C–N with tert-alkyl or cyclic N) is 1. The zero-order valence-electron chi connectivity index (χ0n) is 36.6. The Balaban J connectivity index is 1.01. The second kappa shape index (κ2) is 20.3. The molecule has 0 radical (unpaired) electrons. The van der Waals surface area contributed by atoms with Gasteiger partial charge >= 0.3 is 0 Å². The highest BCUT2D eigenvalue weighted by atomic mass is 35.5. The Morgan fingerprint density at radius 3 is 2.26 bits per heavy atom. The number of unbranched alkanes of at least 4 members (excludes halogenated alkanes) is 1. The fourth-order valence-electron chi connectivity index (χ4n) is 8.74. The van der Waals surface area contributed by atoms with Crippen LogP contribution in [0, 0.1) is 38.9 Å². The predicted octanol–water partition coefficient (Wildman–Crippen LogP) is 5.56. The summed E-state index contributed by atoms with van der Waals surface area (Å²) in [5.74, 6) is -0.728. The van der Waals surface area contributed by atoms with Crippen LogP contribution in [0.2, 0.25) is 5.02 Å². The molecular formula is C47H60ClN7O7. The number of nitriles is 2. The molecule has 0 bridgehead atoms. The fourth-order valence-corrected chi connectivity index (χ4v) is 8.96. The number of benzene rings is 3. The van der Waals surface area contributed by atoms with Crippen LogP contribution in [0.5, 0.6) is 5.75 Å². The van der Waals surface area contributed by atoms with Gasteiger partial charge in [-0.25, -0.2) is 0 Å². The van der Waals surface area contributed by atoms with E-state index in [2.05, 4.69) is 61.1 Å². The van der Waals surface area contributed by atoms with E-state index in [0.717, 1.165) is 23.2 Å². The van der Waals surface area contributed by atoms with Crippen molar-refractivity contribution in [2.24, 2.45) is 16.2 Å². The van der Waals surface area contributed by atoms with E-state index in [4.69, 9.17) is 26.3 Å². The summed E-state index contributed by atoms with van der Waals surface area (Å²) in [7, 11) is 0. The first-order chi connectivity index (χ1) is 29.3. The van der Waals surface area contributed by atoms with E-state index in [0.29, 0.717) is 41.5 Å². The number of halogens is 1. The summed E-state index contributed by atoms with van der Waals surface area (Å²) >= 11 is 6.24. The van der Waals surface area contributed by atoms with E-state index < -0.39 is 47.6 Å². The number of anilines is 1. The van der Waals surface area contributed by atoms with E-state index in [9.17, 15) is 29.9 Å². The first-order valence-corrected chi connectivity index (χ1v) is 21.4. The maximum Gasteiger partial charge on any atom is 0.246 e. The number of ether oxygens (including phenoxy) is 2. The van der Waals surface area contributed by atoms with Crippen molar-refractivity contribution in [1.29, 1.82) is 10.5 Å². The maximum absolute atomic E-state index is 13.9. The van der Waals surface area contributed by atoms with Crippen LogP contribution < -0.4 is 26.0 Å². The molecule has 3 amide bonds. The molecule has 4 atom stereocenters. The van der Waals surface area contributed by atoms with Crippen LogP contribution in [0.4, 0.5) is 5.69 Å². The summed E-state index contributed by atoms with van der Waals surface area (Å²) in [4.78, 5) is 41.4. The van der Waals surface area contributed by atoms with Crippen LogP contribution >= 0.6 is 11.6 Å². The number of aliphatic hydroxyl groups is 2. The number of carbonyl (C=O) groups is 3. The third-order valence-electron chi connectivity index (χ3n) is 11.8. The van der Waals surface area contributed by atoms with Crippen molar-refractivity contribution in [3.8, 4) is 17.9 Å². The van der Waals surface area contributed by atoms with Gasteiger partial charge in [0.05, 0.1) is 28.3 Å². The molecule has 1 heterocycles. The minimum Gasteiger partial charge on any atom is -0.489 e. The Kier molecular flexibility index (Phi) is 15.7. The van der Waals surface area contributed by atoms with Crippen LogP contribution in [-0.2, 0) is 25.7 Å². The number of nitrogens with one attached hydrogen (secondary N) is 4. The topological polar surface area (TPSA) is 209 Å². The Bertz CT molecular complexity index is 2110. The second-order valence-electron chi connectivity index (χ2n) is 18.5. The SMILES string of the molecule is CC1(C)C(NC(O)c2ccc(NCCCCOCC(=O)N[C@H](C(=O)N3C[C@H](O)C[C@H]3C(=O)NCc3ccc(C#N)cc3)C(C)(C)C)cc2)C(C)(C)C1Oc1ccc(C#N)c(Cl)c1. The summed E-state index contributed by atoms with van der Waals surface area (Å²) in [5.41, 5.74) is 1.96. The summed E-state index contributed by atoms with van der Waals surface area (Å²) < 4.78 is 12.0. The van der Waals surface area contributed by atoms with Gasteiger partial charge in [-0.3, -0.25) is 19.7 Å². The molecule has 1 saturated carbocycles. The zero-order valence-corrected chi connectivity index (χ0v) is 37.4. The van der Waals surface area contributed by atoms with Crippen LogP contribution in [0.3, 0.4) is 0 Å². The Morgan fingerprint density at radius 2 is 1.65 bits per heavy atom. The van der Waals surface area contributed by atoms with Gasteiger partial charge in [0.15, 0.2) is 0 Å². The van der Waals surface area contributed by atoms with Crippen LogP contribution in [0.25, 0.3) is 0 Å². The number of likely N-dealkylation sites (tertiary alicyclic amines) is 1. The van der Waals surface area contributed by atoms with Gasteiger partial charge in [-0.15, -0.1) is 0 Å². The number of hydrogen-bond acceptors (Lipinski definition) is 11. The van der Waals surface area contributed by atoms with Gasteiger partial charge in [-0.1, -0.05) is 84.3 Å². The van der Waals surface area contributed by atoms with Crippen LogP contribution in [0.15, 0.2) is 66.7 Å². The van der Waals surface area contributed by atoms with E-state index in [1.54, 1.807) is 42.5 Å².